The van der Waals surface area contributed by atoms with E-state index in [2.05, 4.69) is 49.9 Å². The summed E-state index contributed by atoms with van der Waals surface area (Å²) in [6.07, 6.45) is 22.3. The minimum atomic E-state index is 0.949. The molecule has 0 nitrogen and oxygen atoms in total. The van der Waals surface area contributed by atoms with Gasteiger partial charge in [0.2, 0.25) is 0 Å². The predicted octanol–water partition coefficient (Wildman–Crippen LogP) is 7.62. The van der Waals surface area contributed by atoms with Crippen molar-refractivity contribution >= 4 is 6.08 Å². The van der Waals surface area contributed by atoms with Gasteiger partial charge in [0.1, 0.15) is 0 Å². The van der Waals surface area contributed by atoms with Crippen molar-refractivity contribution in [2.45, 2.75) is 77.6 Å². The molecule has 146 valence electrons. The third kappa shape index (κ3) is 4.41. The Balaban J connectivity index is 1.34. The molecule has 3 aliphatic carbocycles. The lowest BCUT2D eigenvalue weighted by molar-refractivity contribution is 0.0699. The van der Waals surface area contributed by atoms with E-state index in [4.69, 9.17) is 0 Å². The van der Waals surface area contributed by atoms with E-state index in [0.717, 1.165) is 29.6 Å². The van der Waals surface area contributed by atoms with E-state index >= 15 is 0 Å². The van der Waals surface area contributed by atoms with Gasteiger partial charge in [0.05, 0.1) is 0 Å². The number of benzene rings is 1. The van der Waals surface area contributed by atoms with Crippen molar-refractivity contribution in [1.82, 2.24) is 0 Å². The average Bonchev–Trinajstić information content (AvgIpc) is 2.71. The van der Waals surface area contributed by atoms with Gasteiger partial charge in [0.15, 0.2) is 0 Å². The smallest absolute Gasteiger partial charge is 0.0245 e. The molecule has 0 saturated heterocycles. The molecule has 0 amide bonds. The van der Waals surface area contributed by atoms with Crippen LogP contribution in [-0.2, 0) is 12.8 Å². The fourth-order valence-electron chi connectivity index (χ4n) is 6.57. The topological polar surface area (TPSA) is 0 Å². The van der Waals surface area contributed by atoms with Gasteiger partial charge in [0.25, 0.3) is 0 Å². The highest BCUT2D eigenvalue weighted by molar-refractivity contribution is 5.52. The van der Waals surface area contributed by atoms with Crippen molar-refractivity contribution < 1.29 is 0 Å². The summed E-state index contributed by atoms with van der Waals surface area (Å²) in [6.45, 7) is 6.02. The molecule has 2 fully saturated rings. The van der Waals surface area contributed by atoms with E-state index in [1.165, 1.54) is 76.2 Å². The van der Waals surface area contributed by atoms with Gasteiger partial charge in [-0.05, 0) is 117 Å². The Kier molecular flexibility index (Phi) is 6.21. The fraction of sp³-hybridized carbons (Fsp3) is 0.630. The molecule has 1 aromatic carbocycles. The summed E-state index contributed by atoms with van der Waals surface area (Å²) in [5, 5.41) is 0. The molecule has 5 atom stereocenters. The molecule has 2 saturated carbocycles. The lowest BCUT2D eigenvalue weighted by Crippen LogP contribution is -2.35. The first kappa shape index (κ1) is 19.0. The summed E-state index contributed by atoms with van der Waals surface area (Å²) in [7, 11) is 0. The van der Waals surface area contributed by atoms with Crippen molar-refractivity contribution in [1.29, 1.82) is 0 Å². The van der Waals surface area contributed by atoms with Gasteiger partial charge < -0.3 is 0 Å². The molecule has 27 heavy (non-hydrogen) atoms. The Morgan fingerprint density at radius 2 is 1.70 bits per heavy atom. The SMILES string of the molecule is C=CCC[C@@H]1CC[C@@H]2CC(C3CCc4cc(C=CC)ccc4C3)CCC2C1. The molecule has 0 N–H and O–H groups in total. The fourth-order valence-corrected chi connectivity index (χ4v) is 6.57. The van der Waals surface area contributed by atoms with Crippen LogP contribution in [0.4, 0.5) is 0 Å². The molecule has 4 rings (SSSR count). The Labute approximate surface area is 167 Å². The molecular weight excluding hydrogens is 324 g/mol. The van der Waals surface area contributed by atoms with Crippen LogP contribution in [0.25, 0.3) is 6.08 Å². The highest BCUT2D eigenvalue weighted by Gasteiger charge is 2.38. The lowest BCUT2D eigenvalue weighted by atomic mass is 9.61. The maximum absolute atomic E-state index is 3.91. The lowest BCUT2D eigenvalue weighted by Gasteiger charge is -2.45. The second-order valence-corrected chi connectivity index (χ2v) is 9.67. The van der Waals surface area contributed by atoms with Crippen LogP contribution in [-0.4, -0.2) is 0 Å². The Morgan fingerprint density at radius 1 is 0.926 bits per heavy atom. The van der Waals surface area contributed by atoms with Crippen molar-refractivity contribution in [3.63, 3.8) is 0 Å². The molecule has 0 heteroatoms. The molecule has 0 heterocycles. The average molecular weight is 363 g/mol. The summed E-state index contributed by atoms with van der Waals surface area (Å²) in [4.78, 5) is 0. The molecular formula is C27H38. The van der Waals surface area contributed by atoms with Crippen LogP contribution in [0, 0.1) is 29.6 Å². The number of hydrogen-bond donors (Lipinski definition) is 0. The summed E-state index contributed by atoms with van der Waals surface area (Å²) in [5.74, 6) is 5.03. The summed E-state index contributed by atoms with van der Waals surface area (Å²) in [6, 6.07) is 7.18. The first-order valence-corrected chi connectivity index (χ1v) is 11.6. The number of rotatable bonds is 5. The quantitative estimate of drug-likeness (QED) is 0.472. The first-order chi connectivity index (χ1) is 13.3. The number of fused-ring (bicyclic) bond motifs is 2. The third-order valence-electron chi connectivity index (χ3n) is 8.06. The second kappa shape index (κ2) is 8.80. The highest BCUT2D eigenvalue weighted by Crippen LogP contribution is 2.49. The third-order valence-corrected chi connectivity index (χ3v) is 8.06. The van der Waals surface area contributed by atoms with Crippen LogP contribution in [0.2, 0.25) is 0 Å². The van der Waals surface area contributed by atoms with E-state index < -0.39 is 0 Å². The standard InChI is InChI=1S/C27H38/c1-3-5-7-21-9-11-25-19-27(15-13-23(25)17-21)26-14-12-22-16-20(6-4-2)8-10-24(22)18-26/h3-4,6,8,10,16,21,23,25-27H,1,5,7,9,11-15,17-19H2,2H3/t21-,23?,25-,26?,27?/m1/s1. The Bertz CT molecular complexity index is 667. The monoisotopic (exact) mass is 362 g/mol. The molecule has 0 bridgehead atoms. The summed E-state index contributed by atoms with van der Waals surface area (Å²) in [5.41, 5.74) is 4.65. The van der Waals surface area contributed by atoms with E-state index in [1.54, 1.807) is 11.1 Å². The van der Waals surface area contributed by atoms with E-state index in [-0.39, 0.29) is 0 Å². The van der Waals surface area contributed by atoms with Crippen molar-refractivity contribution in [3.05, 3.63) is 53.6 Å². The van der Waals surface area contributed by atoms with Crippen LogP contribution in [0.3, 0.4) is 0 Å². The predicted molar refractivity (Wildman–Crippen MR) is 118 cm³/mol. The van der Waals surface area contributed by atoms with Gasteiger partial charge in [0, 0.05) is 0 Å². The Hall–Kier alpha value is -1.30. The number of aryl methyl sites for hydroxylation is 1. The highest BCUT2D eigenvalue weighted by atomic mass is 14.4. The van der Waals surface area contributed by atoms with Crippen molar-refractivity contribution in [2.24, 2.45) is 29.6 Å². The summed E-state index contributed by atoms with van der Waals surface area (Å²) < 4.78 is 0. The van der Waals surface area contributed by atoms with Gasteiger partial charge in [-0.15, -0.1) is 6.58 Å². The maximum Gasteiger partial charge on any atom is -0.0245 e. The van der Waals surface area contributed by atoms with E-state index in [9.17, 15) is 0 Å². The van der Waals surface area contributed by atoms with Gasteiger partial charge in [-0.2, -0.15) is 0 Å². The molecule has 1 aromatic rings. The van der Waals surface area contributed by atoms with Crippen LogP contribution in [0.5, 0.6) is 0 Å². The van der Waals surface area contributed by atoms with Crippen molar-refractivity contribution in [3.8, 4) is 0 Å². The van der Waals surface area contributed by atoms with Crippen LogP contribution < -0.4 is 0 Å². The molecule has 0 aliphatic heterocycles. The van der Waals surface area contributed by atoms with Gasteiger partial charge in [-0.3, -0.25) is 0 Å². The van der Waals surface area contributed by atoms with Crippen LogP contribution in [0.1, 0.15) is 81.4 Å². The first-order valence-electron chi connectivity index (χ1n) is 11.6. The maximum atomic E-state index is 3.91. The molecule has 0 spiro atoms. The van der Waals surface area contributed by atoms with Gasteiger partial charge in [-0.1, -0.05) is 42.8 Å². The molecule has 0 radical (unpaired) electrons. The normalized spacial score (nSPS) is 33.4. The Morgan fingerprint density at radius 3 is 2.52 bits per heavy atom. The molecule has 3 unspecified atom stereocenters. The minimum absolute atomic E-state index is 0.949. The zero-order chi connectivity index (χ0) is 18.6. The minimum Gasteiger partial charge on any atom is -0.103 e. The van der Waals surface area contributed by atoms with E-state index in [1.807, 2.05) is 0 Å². The van der Waals surface area contributed by atoms with Crippen molar-refractivity contribution in [2.75, 3.05) is 0 Å². The van der Waals surface area contributed by atoms with E-state index in [0.29, 0.717) is 0 Å². The van der Waals surface area contributed by atoms with Crippen LogP contribution >= 0.6 is 0 Å². The van der Waals surface area contributed by atoms with Gasteiger partial charge in [-0.25, -0.2) is 0 Å². The second-order valence-electron chi connectivity index (χ2n) is 9.67. The largest absolute Gasteiger partial charge is 0.103 e. The summed E-state index contributed by atoms with van der Waals surface area (Å²) >= 11 is 0. The molecule has 0 aromatic heterocycles. The zero-order valence-electron chi connectivity index (χ0n) is 17.3. The number of allylic oxidation sites excluding steroid dienone is 2. The van der Waals surface area contributed by atoms with Gasteiger partial charge >= 0.3 is 0 Å². The number of hydrogen-bond acceptors (Lipinski definition) is 0. The zero-order valence-corrected chi connectivity index (χ0v) is 17.3. The van der Waals surface area contributed by atoms with Crippen LogP contribution in [0.15, 0.2) is 36.9 Å². The molecule has 3 aliphatic rings.